The SMILES string of the molecule is O=[N+]([O-])N(COCC([N+](=O)[O-])([N+](=O)[O-])[N+](=O)[O-])COCC([N+](=O)[O-])([N+](=O)[O-])[N+](=O)[O-]. The van der Waals surface area contributed by atoms with E-state index >= 15 is 0 Å². The molecule has 0 aliphatic heterocycles. The Morgan fingerprint density at radius 2 is 0.767 bits per heavy atom. The molecule has 0 saturated heterocycles. The highest BCUT2D eigenvalue weighted by molar-refractivity contribution is 4.53. The predicted octanol–water partition coefficient (Wildman–Crippen LogP) is -2.60. The van der Waals surface area contributed by atoms with Crippen LogP contribution >= 0.6 is 0 Å². The van der Waals surface area contributed by atoms with Gasteiger partial charge >= 0.3 is 11.6 Å². The molecule has 168 valence electrons. The summed E-state index contributed by atoms with van der Waals surface area (Å²) in [7, 11) is 0. The largest absolute Gasteiger partial charge is 0.723 e. The fraction of sp³-hybridized carbons (Fsp3) is 1.00. The van der Waals surface area contributed by atoms with Gasteiger partial charge in [0.1, 0.15) is 0 Å². The van der Waals surface area contributed by atoms with Crippen LogP contribution in [0.2, 0.25) is 0 Å². The molecule has 0 saturated carbocycles. The third-order valence-corrected chi connectivity index (χ3v) is 3.06. The molecule has 0 bridgehead atoms. The molecule has 0 atom stereocenters. The van der Waals surface area contributed by atoms with Crippen LogP contribution in [-0.4, -0.2) is 77.8 Å². The van der Waals surface area contributed by atoms with Gasteiger partial charge in [0.2, 0.25) is 0 Å². The minimum atomic E-state index is -4.12. The first-order valence-corrected chi connectivity index (χ1v) is 6.59. The van der Waals surface area contributed by atoms with Crippen LogP contribution in [0.4, 0.5) is 0 Å². The number of hydrazine groups is 1. The molecule has 0 N–H and O–H groups in total. The quantitative estimate of drug-likeness (QED) is 0.141. The van der Waals surface area contributed by atoms with E-state index in [2.05, 4.69) is 9.47 Å². The first-order chi connectivity index (χ1) is 13.7. The molecule has 24 nitrogen and oxygen atoms in total. The molecule has 30 heavy (non-hydrogen) atoms. The monoisotopic (exact) mass is 448 g/mol. The summed E-state index contributed by atoms with van der Waals surface area (Å²) in [5.41, 5.74) is 0. The lowest BCUT2D eigenvalue weighted by atomic mass is 10.4. The molecule has 0 aliphatic carbocycles. The first-order valence-electron chi connectivity index (χ1n) is 6.59. The number of hydrogen-bond acceptors (Lipinski definition) is 16. The zero-order valence-electron chi connectivity index (χ0n) is 13.9. The smallest absolute Gasteiger partial charge is 0.333 e. The summed E-state index contributed by atoms with van der Waals surface area (Å²) in [6.07, 6.45) is 0. The van der Waals surface area contributed by atoms with Gasteiger partial charge in [-0.25, -0.2) is 10.1 Å². The van der Waals surface area contributed by atoms with Gasteiger partial charge in [-0.1, -0.05) is 5.01 Å². The molecule has 24 heteroatoms. The first kappa shape index (κ1) is 25.5. The van der Waals surface area contributed by atoms with E-state index in [1.54, 1.807) is 0 Å². The van der Waals surface area contributed by atoms with Crippen molar-refractivity contribution in [3.05, 3.63) is 70.8 Å². The van der Waals surface area contributed by atoms with Crippen molar-refractivity contribution in [1.82, 2.24) is 5.01 Å². The third-order valence-electron chi connectivity index (χ3n) is 3.06. The molecule has 0 aromatic carbocycles. The Labute approximate surface area is 159 Å². The van der Waals surface area contributed by atoms with Crippen LogP contribution in [0.1, 0.15) is 0 Å². The lowest BCUT2D eigenvalue weighted by molar-refractivity contribution is -0.971. The van der Waals surface area contributed by atoms with Crippen molar-refractivity contribution in [3.63, 3.8) is 0 Å². The number of nitrogens with zero attached hydrogens (tertiary/aromatic N) is 8. The average Bonchev–Trinajstić information content (AvgIpc) is 2.57. The van der Waals surface area contributed by atoms with E-state index < -0.39 is 72.8 Å². The molecule has 0 aromatic heterocycles. The van der Waals surface area contributed by atoms with Crippen molar-refractivity contribution in [2.75, 3.05) is 26.7 Å². The van der Waals surface area contributed by atoms with Crippen molar-refractivity contribution in [1.29, 1.82) is 0 Å². The zero-order chi connectivity index (χ0) is 23.9. The molecular weight excluding hydrogens is 440 g/mol. The van der Waals surface area contributed by atoms with Crippen molar-refractivity contribution in [2.24, 2.45) is 0 Å². The summed E-state index contributed by atoms with van der Waals surface area (Å²) in [4.78, 5) is 63.1. The summed E-state index contributed by atoms with van der Waals surface area (Å²) >= 11 is 0. The third kappa shape index (κ3) is 4.86. The van der Waals surface area contributed by atoms with E-state index in [0.717, 1.165) is 0 Å². The van der Waals surface area contributed by atoms with E-state index in [0.29, 0.717) is 0 Å². The van der Waals surface area contributed by atoms with Crippen LogP contribution < -0.4 is 0 Å². The van der Waals surface area contributed by atoms with Gasteiger partial charge in [-0.3, -0.25) is 60.7 Å². The second-order valence-corrected chi connectivity index (χ2v) is 4.79. The minimum absolute atomic E-state index is 0.296. The fourth-order valence-corrected chi connectivity index (χ4v) is 1.42. The maximum Gasteiger partial charge on any atom is 0.723 e. The summed E-state index contributed by atoms with van der Waals surface area (Å²) in [5.74, 6) is -8.25. The van der Waals surface area contributed by atoms with Gasteiger partial charge in [-0.2, -0.15) is 0 Å². The standard InChI is InChI=1S/C6H8N8O16/c15-8(16)5(9(17)18,10(19)20)1-29-3-7(14(27)28)4-30-2-6(11(21)22,12(23)24)13(25)26/h1-4H2. The van der Waals surface area contributed by atoms with Crippen LogP contribution in [0.25, 0.3) is 0 Å². The second-order valence-electron chi connectivity index (χ2n) is 4.79. The number of ether oxygens (including phenoxy) is 2. The second kappa shape index (κ2) is 9.64. The Kier molecular flexibility index (Phi) is 8.20. The molecule has 0 aromatic rings. The van der Waals surface area contributed by atoms with Gasteiger partial charge in [-0.15, -0.1) is 0 Å². The normalized spacial score (nSPS) is 11.3. The van der Waals surface area contributed by atoms with Gasteiger partial charge in [0.15, 0.2) is 48.0 Å². The number of hydrogen-bond donors (Lipinski definition) is 0. The summed E-state index contributed by atoms with van der Waals surface area (Å²) in [6.45, 7) is -6.83. The highest BCUT2D eigenvalue weighted by Crippen LogP contribution is 2.15. The maximum atomic E-state index is 10.8. The lowest BCUT2D eigenvalue weighted by Crippen LogP contribution is -2.57. The zero-order valence-corrected chi connectivity index (χ0v) is 13.9. The highest BCUT2D eigenvalue weighted by Gasteiger charge is 2.72. The Morgan fingerprint density at radius 1 is 0.533 bits per heavy atom. The fourth-order valence-electron chi connectivity index (χ4n) is 1.42. The summed E-state index contributed by atoms with van der Waals surface area (Å²) in [6, 6.07) is 0. The summed E-state index contributed by atoms with van der Waals surface area (Å²) < 4.78 is 8.42. The Hall–Kier alpha value is -4.48. The topological polar surface area (TPSA) is 324 Å². The molecule has 0 aliphatic rings. The molecule has 0 unspecified atom stereocenters. The predicted molar refractivity (Wildman–Crippen MR) is 77.9 cm³/mol. The molecule has 0 spiro atoms. The van der Waals surface area contributed by atoms with E-state index in [1.165, 1.54) is 0 Å². The van der Waals surface area contributed by atoms with E-state index in [-0.39, 0.29) is 5.01 Å². The molecular formula is C6H8N8O16. The number of nitro groups is 7. The van der Waals surface area contributed by atoms with Gasteiger partial charge < -0.3 is 9.47 Å². The van der Waals surface area contributed by atoms with Crippen molar-refractivity contribution < 1.29 is 44.0 Å². The van der Waals surface area contributed by atoms with E-state index in [1.807, 2.05) is 0 Å². The molecule has 0 heterocycles. The van der Waals surface area contributed by atoms with Crippen molar-refractivity contribution in [2.45, 2.75) is 11.6 Å². The van der Waals surface area contributed by atoms with Gasteiger partial charge in [-0.05, 0) is 0 Å². The van der Waals surface area contributed by atoms with Crippen LogP contribution in [0, 0.1) is 70.8 Å². The van der Waals surface area contributed by atoms with E-state index in [9.17, 15) is 70.8 Å². The Bertz CT molecular complexity index is 637. The maximum absolute atomic E-state index is 10.8. The Morgan fingerprint density at radius 3 is 0.933 bits per heavy atom. The van der Waals surface area contributed by atoms with Crippen LogP contribution in [-0.2, 0) is 9.47 Å². The molecule has 0 fully saturated rings. The number of rotatable bonds is 15. The highest BCUT2D eigenvalue weighted by atomic mass is 16.8. The van der Waals surface area contributed by atoms with Gasteiger partial charge in [0.25, 0.3) is 13.2 Å². The van der Waals surface area contributed by atoms with Crippen LogP contribution in [0.3, 0.4) is 0 Å². The molecule has 0 amide bonds. The van der Waals surface area contributed by atoms with Gasteiger partial charge in [0, 0.05) is 0 Å². The molecule has 0 radical (unpaired) electrons. The van der Waals surface area contributed by atoms with E-state index in [4.69, 9.17) is 0 Å². The van der Waals surface area contributed by atoms with Crippen LogP contribution in [0.5, 0.6) is 0 Å². The lowest BCUT2D eigenvalue weighted by Gasteiger charge is -2.15. The minimum Gasteiger partial charge on any atom is -0.333 e. The van der Waals surface area contributed by atoms with Crippen LogP contribution in [0.15, 0.2) is 0 Å². The summed E-state index contributed by atoms with van der Waals surface area (Å²) in [5, 5.41) is 73.1. The average molecular weight is 448 g/mol. The van der Waals surface area contributed by atoms with Gasteiger partial charge in [0.05, 0.1) is 0 Å². The molecule has 0 rings (SSSR count). The van der Waals surface area contributed by atoms with Crippen molar-refractivity contribution in [3.8, 4) is 0 Å². The Balaban J connectivity index is 5.25. The van der Waals surface area contributed by atoms with Crippen molar-refractivity contribution >= 4 is 0 Å².